The van der Waals surface area contributed by atoms with Gasteiger partial charge in [0.05, 0.1) is 10.6 Å². The molecule has 0 fully saturated rings. The van der Waals surface area contributed by atoms with Gasteiger partial charge in [-0.1, -0.05) is 36.4 Å². The summed E-state index contributed by atoms with van der Waals surface area (Å²) in [7, 11) is -4.79. The molecule has 0 bridgehead atoms. The van der Waals surface area contributed by atoms with Gasteiger partial charge in [-0.25, -0.2) is 18.3 Å². The summed E-state index contributed by atoms with van der Waals surface area (Å²) in [5.41, 5.74) is 0. The van der Waals surface area contributed by atoms with E-state index in [4.69, 9.17) is 0 Å². The molecule has 19 heavy (non-hydrogen) atoms. The van der Waals surface area contributed by atoms with Crippen molar-refractivity contribution < 1.29 is 37.7 Å². The smallest absolute Gasteiger partial charge is 0.232 e. The molecule has 0 saturated heterocycles. The summed E-state index contributed by atoms with van der Waals surface area (Å²) in [4.78, 5) is 0. The Balaban J connectivity index is 0.000000324. The van der Waals surface area contributed by atoms with Crippen molar-refractivity contribution in [1.29, 1.82) is 0 Å². The maximum atomic E-state index is 10.2. The SMILES string of the molecule is O=P(=O)c1ccccc1.O=P(=O)c1ccccc1.[Zn]. The molecule has 0 aromatic heterocycles. The van der Waals surface area contributed by atoms with E-state index in [0.717, 1.165) is 0 Å². The number of hydrogen-bond donors (Lipinski definition) is 0. The summed E-state index contributed by atoms with van der Waals surface area (Å²) in [6.45, 7) is 0. The van der Waals surface area contributed by atoms with Gasteiger partial charge in [0.1, 0.15) is 0 Å². The van der Waals surface area contributed by atoms with E-state index >= 15 is 0 Å². The Kier molecular flexibility index (Phi) is 9.17. The zero-order valence-corrected chi connectivity index (χ0v) is 14.8. The molecule has 0 amide bonds. The Hall–Kier alpha value is -1.14. The Morgan fingerprint density at radius 3 is 0.947 bits per heavy atom. The zero-order chi connectivity index (χ0) is 13.4. The van der Waals surface area contributed by atoms with E-state index in [0.29, 0.717) is 10.6 Å². The molecular formula is C12H10O4P2Zn. The number of hydrogen-bond acceptors (Lipinski definition) is 4. The average molecular weight is 346 g/mol. The van der Waals surface area contributed by atoms with E-state index in [9.17, 15) is 18.3 Å². The summed E-state index contributed by atoms with van der Waals surface area (Å²) in [6, 6.07) is 16.6. The van der Waals surface area contributed by atoms with Gasteiger partial charge < -0.3 is 0 Å². The van der Waals surface area contributed by atoms with Crippen molar-refractivity contribution in [3.05, 3.63) is 60.7 Å². The van der Waals surface area contributed by atoms with Crippen LogP contribution in [0.2, 0.25) is 0 Å². The van der Waals surface area contributed by atoms with E-state index in [-0.39, 0.29) is 19.5 Å². The predicted molar refractivity (Wildman–Crippen MR) is 68.7 cm³/mol. The third kappa shape index (κ3) is 7.13. The third-order valence-corrected chi connectivity index (χ3v) is 3.37. The second-order valence-electron chi connectivity index (χ2n) is 3.19. The number of benzene rings is 2. The fourth-order valence-corrected chi connectivity index (χ4v) is 1.93. The Morgan fingerprint density at radius 2 is 0.789 bits per heavy atom. The molecule has 4 nitrogen and oxygen atoms in total. The molecule has 0 unspecified atom stereocenters. The van der Waals surface area contributed by atoms with Crippen LogP contribution in [0.4, 0.5) is 0 Å². The predicted octanol–water partition coefficient (Wildman–Crippen LogP) is 2.97. The topological polar surface area (TPSA) is 68.3 Å². The molecule has 0 atom stereocenters. The van der Waals surface area contributed by atoms with Crippen LogP contribution in [0.15, 0.2) is 60.7 Å². The van der Waals surface area contributed by atoms with Crippen molar-refractivity contribution in [2.75, 3.05) is 0 Å². The minimum Gasteiger partial charge on any atom is -0.232 e. The quantitative estimate of drug-likeness (QED) is 0.620. The standard InChI is InChI=1S/2C6H5O2P.Zn/c2*7-9(8)6-4-2-1-3-5-6;/h2*1-5H;. The Bertz CT molecular complexity index is 549. The molecule has 2 aromatic carbocycles. The third-order valence-electron chi connectivity index (χ3n) is 1.93. The first-order valence-corrected chi connectivity index (χ1v) is 7.35. The minimum absolute atomic E-state index is 0. The van der Waals surface area contributed by atoms with E-state index in [1.807, 2.05) is 0 Å². The molecule has 0 aliphatic carbocycles. The van der Waals surface area contributed by atoms with Gasteiger partial charge in [-0.2, -0.15) is 0 Å². The molecule has 0 aliphatic rings. The Morgan fingerprint density at radius 1 is 0.526 bits per heavy atom. The van der Waals surface area contributed by atoms with Crippen LogP contribution in [0.3, 0.4) is 0 Å². The summed E-state index contributed by atoms with van der Waals surface area (Å²) in [6.07, 6.45) is 0. The van der Waals surface area contributed by atoms with Crippen molar-refractivity contribution in [3.63, 3.8) is 0 Å². The van der Waals surface area contributed by atoms with Crippen LogP contribution in [0.1, 0.15) is 0 Å². The summed E-state index contributed by atoms with van der Waals surface area (Å²) in [5.74, 6) is 0. The maximum absolute atomic E-state index is 10.2. The van der Waals surface area contributed by atoms with Gasteiger partial charge in [0.2, 0.25) is 0 Å². The van der Waals surface area contributed by atoms with Crippen molar-refractivity contribution in [1.82, 2.24) is 0 Å². The van der Waals surface area contributed by atoms with Crippen molar-refractivity contribution in [2.24, 2.45) is 0 Å². The molecule has 2 rings (SSSR count). The van der Waals surface area contributed by atoms with Crippen molar-refractivity contribution in [2.45, 2.75) is 0 Å². The van der Waals surface area contributed by atoms with Gasteiger partial charge in [0, 0.05) is 19.5 Å². The van der Waals surface area contributed by atoms with Crippen LogP contribution in [-0.4, -0.2) is 0 Å². The molecule has 0 heterocycles. The van der Waals surface area contributed by atoms with Gasteiger partial charge in [-0.05, 0) is 24.3 Å². The molecule has 0 radical (unpaired) electrons. The Labute approximate surface area is 124 Å². The van der Waals surface area contributed by atoms with Gasteiger partial charge in [-0.3, -0.25) is 0 Å². The molecule has 7 heteroatoms. The van der Waals surface area contributed by atoms with Crippen LogP contribution in [0.25, 0.3) is 0 Å². The van der Waals surface area contributed by atoms with E-state index in [2.05, 4.69) is 0 Å². The van der Waals surface area contributed by atoms with Crippen LogP contribution in [0.5, 0.6) is 0 Å². The first kappa shape index (κ1) is 17.9. The van der Waals surface area contributed by atoms with Crippen molar-refractivity contribution >= 4 is 26.0 Å². The number of rotatable bonds is 2. The van der Waals surface area contributed by atoms with Crippen molar-refractivity contribution in [3.8, 4) is 0 Å². The molecule has 0 saturated carbocycles. The van der Waals surface area contributed by atoms with Crippen LogP contribution < -0.4 is 10.6 Å². The van der Waals surface area contributed by atoms with Gasteiger partial charge in [0.25, 0.3) is 0 Å². The van der Waals surface area contributed by atoms with Gasteiger partial charge >= 0.3 is 15.4 Å². The molecule has 2 aromatic rings. The first-order valence-electron chi connectivity index (χ1n) is 5.00. The fourth-order valence-electron chi connectivity index (χ4n) is 1.10. The zero-order valence-electron chi connectivity index (χ0n) is 10.0. The van der Waals surface area contributed by atoms with E-state index < -0.39 is 15.4 Å². The summed E-state index contributed by atoms with van der Waals surface area (Å²) >= 11 is 0. The fraction of sp³-hybridized carbons (Fsp3) is 0. The normalized spacial score (nSPS) is 8.42. The van der Waals surface area contributed by atoms with Crippen LogP contribution in [0, 0.1) is 0 Å². The first-order chi connectivity index (χ1) is 8.61. The average Bonchev–Trinajstić information content (AvgIpc) is 2.41. The largest absolute Gasteiger partial charge is 0.348 e. The monoisotopic (exact) mass is 344 g/mol. The molecular weight excluding hydrogens is 335 g/mol. The minimum atomic E-state index is -2.40. The van der Waals surface area contributed by atoms with Gasteiger partial charge in [0.15, 0.2) is 0 Å². The molecule has 0 N–H and O–H groups in total. The molecule has 0 aliphatic heterocycles. The summed E-state index contributed by atoms with van der Waals surface area (Å²) in [5, 5.41) is 0.736. The van der Waals surface area contributed by atoms with Crippen LogP contribution >= 0.6 is 15.4 Å². The molecule has 0 spiro atoms. The van der Waals surface area contributed by atoms with Gasteiger partial charge in [-0.15, -0.1) is 0 Å². The van der Waals surface area contributed by atoms with E-state index in [1.54, 1.807) is 60.7 Å². The van der Waals surface area contributed by atoms with Crippen LogP contribution in [-0.2, 0) is 37.7 Å². The summed E-state index contributed by atoms with van der Waals surface area (Å²) < 4.78 is 41.0. The maximum Gasteiger partial charge on any atom is 0.348 e. The second kappa shape index (κ2) is 9.75. The second-order valence-corrected chi connectivity index (χ2v) is 5.25. The van der Waals surface area contributed by atoms with E-state index in [1.165, 1.54) is 0 Å². The molecule has 94 valence electrons.